The van der Waals surface area contributed by atoms with Crippen molar-refractivity contribution in [3.63, 3.8) is 0 Å². The van der Waals surface area contributed by atoms with Crippen LogP contribution in [0.25, 0.3) is 6.08 Å². The lowest BCUT2D eigenvalue weighted by atomic mass is 10.1. The lowest BCUT2D eigenvalue weighted by Gasteiger charge is -2.12. The molecule has 0 unspecified atom stereocenters. The van der Waals surface area contributed by atoms with Gasteiger partial charge in [0.15, 0.2) is 0 Å². The van der Waals surface area contributed by atoms with Crippen LogP contribution in [-0.4, -0.2) is 31.6 Å². The first-order valence-corrected chi connectivity index (χ1v) is 7.79. The lowest BCUT2D eigenvalue weighted by Crippen LogP contribution is -2.11. The molecule has 0 heterocycles. The van der Waals surface area contributed by atoms with Gasteiger partial charge in [0, 0.05) is 30.7 Å². The molecule has 0 aliphatic rings. The Morgan fingerprint density at radius 1 is 1.32 bits per heavy atom. The van der Waals surface area contributed by atoms with Crippen molar-refractivity contribution >= 4 is 23.6 Å². The van der Waals surface area contributed by atoms with Crippen LogP contribution in [0.2, 0.25) is 0 Å². The summed E-state index contributed by atoms with van der Waals surface area (Å²) in [6, 6.07) is 4.94. The third-order valence-electron chi connectivity index (χ3n) is 3.15. The molecule has 1 amide bonds. The minimum absolute atomic E-state index is 0.00352. The third-order valence-corrected chi connectivity index (χ3v) is 3.15. The average Bonchev–Trinajstić information content (AvgIpc) is 2.57. The van der Waals surface area contributed by atoms with E-state index in [2.05, 4.69) is 5.32 Å². The summed E-state index contributed by atoms with van der Waals surface area (Å²) in [7, 11) is 0. The molecule has 3 N–H and O–H groups in total. The van der Waals surface area contributed by atoms with E-state index in [1.807, 2.05) is 0 Å². The maximum absolute atomic E-state index is 12.5. The summed E-state index contributed by atoms with van der Waals surface area (Å²) >= 11 is 0. The van der Waals surface area contributed by atoms with Crippen LogP contribution in [0.1, 0.15) is 26.3 Å². The molecule has 0 spiro atoms. The molecule has 6 nitrogen and oxygen atoms in total. The van der Waals surface area contributed by atoms with Crippen molar-refractivity contribution in [2.75, 3.05) is 25.1 Å². The molecule has 136 valence electrons. The predicted octanol–water partition coefficient (Wildman–Crippen LogP) is 2.80. The van der Waals surface area contributed by atoms with Crippen molar-refractivity contribution in [1.29, 1.82) is 0 Å². The fourth-order valence-corrected chi connectivity index (χ4v) is 1.90. The monoisotopic (exact) mass is 350 g/mol. The van der Waals surface area contributed by atoms with Crippen molar-refractivity contribution in [2.45, 2.75) is 20.8 Å². The topological polar surface area (TPSA) is 90.7 Å². The summed E-state index contributed by atoms with van der Waals surface area (Å²) in [5.41, 5.74) is 7.17. The van der Waals surface area contributed by atoms with E-state index in [0.29, 0.717) is 34.5 Å². The molecule has 7 heteroatoms. The van der Waals surface area contributed by atoms with Crippen molar-refractivity contribution in [3.05, 3.63) is 41.2 Å². The minimum Gasteiger partial charge on any atom is -0.489 e. The average molecular weight is 350 g/mol. The van der Waals surface area contributed by atoms with E-state index >= 15 is 0 Å². The number of nitrogens with two attached hydrogens (primary N) is 1. The number of ether oxygens (including phenoxy) is 2. The van der Waals surface area contributed by atoms with E-state index in [1.165, 1.54) is 6.92 Å². The number of esters is 1. The zero-order chi connectivity index (χ0) is 18.8. The Balaban J connectivity index is 3.07. The van der Waals surface area contributed by atoms with Crippen LogP contribution < -0.4 is 15.8 Å². The van der Waals surface area contributed by atoms with E-state index in [1.54, 1.807) is 38.1 Å². The van der Waals surface area contributed by atoms with Gasteiger partial charge in [-0.25, -0.2) is 9.18 Å². The summed E-state index contributed by atoms with van der Waals surface area (Å²) in [6.07, 6.45) is 2.02. The summed E-state index contributed by atoms with van der Waals surface area (Å²) in [4.78, 5) is 23.2. The van der Waals surface area contributed by atoms with E-state index in [0.717, 1.165) is 0 Å². The molecule has 0 aromatic heterocycles. The third kappa shape index (κ3) is 6.76. The van der Waals surface area contributed by atoms with Gasteiger partial charge in [0.25, 0.3) is 0 Å². The first kappa shape index (κ1) is 20.4. The molecule has 0 saturated carbocycles. The maximum Gasteiger partial charge on any atom is 0.333 e. The van der Waals surface area contributed by atoms with E-state index in [4.69, 9.17) is 15.2 Å². The number of carbonyl (C=O) groups is 2. The van der Waals surface area contributed by atoms with Crippen LogP contribution >= 0.6 is 0 Å². The van der Waals surface area contributed by atoms with E-state index in [9.17, 15) is 14.0 Å². The Hall–Kier alpha value is -2.67. The molecular weight excluding hydrogens is 327 g/mol. The normalized spacial score (nSPS) is 11.9. The highest BCUT2D eigenvalue weighted by atomic mass is 19.1. The number of hydrogen-bond donors (Lipinski definition) is 2. The Morgan fingerprint density at radius 3 is 2.60 bits per heavy atom. The molecule has 0 saturated heterocycles. The molecular formula is C18H23FN2O4. The maximum atomic E-state index is 12.5. The molecule has 25 heavy (non-hydrogen) atoms. The quantitative estimate of drug-likeness (QED) is 0.556. The molecule has 0 aliphatic carbocycles. The van der Waals surface area contributed by atoms with E-state index < -0.39 is 5.97 Å². The number of carbonyl (C=O) groups excluding carboxylic acids is 2. The summed E-state index contributed by atoms with van der Waals surface area (Å²) < 4.78 is 22.9. The molecule has 0 aliphatic heterocycles. The van der Waals surface area contributed by atoms with Gasteiger partial charge in [-0.3, -0.25) is 4.79 Å². The van der Waals surface area contributed by atoms with Crippen molar-refractivity contribution < 1.29 is 23.5 Å². The second-order valence-corrected chi connectivity index (χ2v) is 5.24. The lowest BCUT2D eigenvalue weighted by molar-refractivity contribution is -0.138. The van der Waals surface area contributed by atoms with Gasteiger partial charge in [-0.05, 0) is 37.6 Å². The molecule has 0 atom stereocenters. The second-order valence-electron chi connectivity index (χ2n) is 5.24. The molecule has 0 bridgehead atoms. The molecule has 1 aromatic rings. The first-order valence-electron chi connectivity index (χ1n) is 7.79. The number of amides is 1. The molecule has 0 radical (unpaired) electrons. The van der Waals surface area contributed by atoms with Crippen LogP contribution in [0.4, 0.5) is 10.1 Å². The zero-order valence-electron chi connectivity index (χ0n) is 14.6. The highest BCUT2D eigenvalue weighted by molar-refractivity contribution is 5.96. The molecule has 1 aromatic carbocycles. The molecule has 0 fully saturated rings. The van der Waals surface area contributed by atoms with Crippen LogP contribution in [0.15, 0.2) is 35.7 Å². The Morgan fingerprint density at radius 2 is 2.04 bits per heavy atom. The van der Waals surface area contributed by atoms with E-state index in [-0.39, 0.29) is 25.7 Å². The summed E-state index contributed by atoms with van der Waals surface area (Å²) in [5.74, 6) is -0.272. The van der Waals surface area contributed by atoms with Gasteiger partial charge in [0.1, 0.15) is 12.4 Å². The number of halogens is 1. The van der Waals surface area contributed by atoms with Gasteiger partial charge in [0.2, 0.25) is 5.91 Å². The van der Waals surface area contributed by atoms with Crippen molar-refractivity contribution in [2.24, 2.45) is 5.73 Å². The largest absolute Gasteiger partial charge is 0.489 e. The number of anilines is 1. The smallest absolute Gasteiger partial charge is 0.333 e. The van der Waals surface area contributed by atoms with Crippen LogP contribution in [0.3, 0.4) is 0 Å². The SMILES string of the molecule is CCOC(=O)/C(C)=C/c1ccc(OC/C(=C/F)CN)cc1NC(C)=O. The second kappa shape index (κ2) is 10.2. The zero-order valence-corrected chi connectivity index (χ0v) is 14.6. The van der Waals surface area contributed by atoms with Crippen LogP contribution in [-0.2, 0) is 14.3 Å². The van der Waals surface area contributed by atoms with Crippen LogP contribution in [0.5, 0.6) is 5.75 Å². The van der Waals surface area contributed by atoms with Gasteiger partial charge in [-0.15, -0.1) is 0 Å². The van der Waals surface area contributed by atoms with Gasteiger partial charge < -0.3 is 20.5 Å². The van der Waals surface area contributed by atoms with Gasteiger partial charge in [0.05, 0.1) is 18.6 Å². The highest BCUT2D eigenvalue weighted by Gasteiger charge is 2.09. The number of hydrogen-bond acceptors (Lipinski definition) is 5. The van der Waals surface area contributed by atoms with Crippen molar-refractivity contribution in [3.8, 4) is 5.75 Å². The fourth-order valence-electron chi connectivity index (χ4n) is 1.90. The van der Waals surface area contributed by atoms with Crippen LogP contribution in [0, 0.1) is 0 Å². The Kier molecular flexibility index (Phi) is 8.35. The Bertz CT molecular complexity index is 684. The van der Waals surface area contributed by atoms with Gasteiger partial charge in [-0.2, -0.15) is 0 Å². The highest BCUT2D eigenvalue weighted by Crippen LogP contribution is 2.25. The van der Waals surface area contributed by atoms with Gasteiger partial charge in [-0.1, -0.05) is 0 Å². The summed E-state index contributed by atoms with van der Waals surface area (Å²) in [6.45, 7) is 5.05. The number of benzene rings is 1. The first-order chi connectivity index (χ1) is 11.9. The minimum atomic E-state index is -0.433. The standard InChI is InChI=1S/C18H23FN2O4/c1-4-24-18(23)12(2)7-15-5-6-16(8-17(15)21-13(3)22)25-11-14(9-19)10-20/h5-9H,4,10-11,20H2,1-3H3,(H,21,22)/b12-7+,14-9+. The number of rotatable bonds is 8. The summed E-state index contributed by atoms with van der Waals surface area (Å²) in [5, 5.41) is 2.68. The number of nitrogens with one attached hydrogen (secondary N) is 1. The fraction of sp³-hybridized carbons (Fsp3) is 0.333. The predicted molar refractivity (Wildman–Crippen MR) is 94.8 cm³/mol. The van der Waals surface area contributed by atoms with Gasteiger partial charge >= 0.3 is 5.97 Å². The Labute approximate surface area is 146 Å². The molecule has 1 rings (SSSR count). The van der Waals surface area contributed by atoms with Crippen molar-refractivity contribution in [1.82, 2.24) is 0 Å².